The summed E-state index contributed by atoms with van der Waals surface area (Å²) < 4.78 is 25.1. The molecule has 0 N–H and O–H groups in total. The Labute approximate surface area is 125 Å². The molecule has 110 valence electrons. The van der Waals surface area contributed by atoms with Crippen molar-refractivity contribution in [2.24, 2.45) is 0 Å². The van der Waals surface area contributed by atoms with Crippen molar-refractivity contribution >= 4 is 27.2 Å². The van der Waals surface area contributed by atoms with Gasteiger partial charge in [-0.3, -0.25) is 4.79 Å². The molecule has 0 heterocycles. The molecule has 2 rings (SSSR count). The van der Waals surface area contributed by atoms with Crippen LogP contribution in [0.1, 0.15) is 49.4 Å². The predicted octanol–water partition coefficient (Wildman–Crippen LogP) is 3.66. The van der Waals surface area contributed by atoms with E-state index in [0.29, 0.717) is 23.4 Å². The monoisotopic (exact) mass is 314 g/mol. The van der Waals surface area contributed by atoms with Gasteiger partial charge in [0.1, 0.15) is 5.25 Å². The molecule has 1 fully saturated rings. The Morgan fingerprint density at radius 2 is 1.90 bits per heavy atom. The van der Waals surface area contributed by atoms with Crippen LogP contribution in [0.3, 0.4) is 0 Å². The van der Waals surface area contributed by atoms with E-state index < -0.39 is 15.1 Å². The molecule has 1 aliphatic rings. The second-order valence-electron chi connectivity index (χ2n) is 5.37. The molecule has 1 unspecified atom stereocenters. The zero-order valence-electron chi connectivity index (χ0n) is 11.5. The van der Waals surface area contributed by atoms with Gasteiger partial charge in [0.15, 0.2) is 15.6 Å². The Morgan fingerprint density at radius 1 is 1.25 bits per heavy atom. The number of hydrogen-bond acceptors (Lipinski definition) is 3. The average molecular weight is 315 g/mol. The minimum atomic E-state index is -3.41. The lowest BCUT2D eigenvalue weighted by molar-refractivity contribution is 0.0991. The Hall–Kier alpha value is -0.870. The van der Waals surface area contributed by atoms with Crippen LogP contribution in [-0.2, 0) is 9.84 Å². The smallest absolute Gasteiger partial charge is 0.180 e. The molecular formula is C15H19ClO3S. The van der Waals surface area contributed by atoms with E-state index in [1.54, 1.807) is 18.2 Å². The fourth-order valence-electron chi connectivity index (χ4n) is 2.71. The summed E-state index contributed by atoms with van der Waals surface area (Å²) in [6.45, 7) is 1.49. The van der Waals surface area contributed by atoms with Crippen molar-refractivity contribution in [1.82, 2.24) is 0 Å². The minimum absolute atomic E-state index is 0.363. The summed E-state index contributed by atoms with van der Waals surface area (Å²) in [5.74, 6) is -0.363. The van der Waals surface area contributed by atoms with Gasteiger partial charge in [0.05, 0.1) is 5.25 Å². The van der Waals surface area contributed by atoms with Crippen molar-refractivity contribution in [2.45, 2.75) is 49.5 Å². The van der Waals surface area contributed by atoms with E-state index in [2.05, 4.69) is 0 Å². The number of sulfone groups is 1. The predicted molar refractivity (Wildman–Crippen MR) is 81.0 cm³/mol. The molecule has 0 spiro atoms. The Morgan fingerprint density at radius 3 is 2.50 bits per heavy atom. The highest BCUT2D eigenvalue weighted by molar-refractivity contribution is 7.93. The second-order valence-corrected chi connectivity index (χ2v) is 8.35. The van der Waals surface area contributed by atoms with E-state index in [1.165, 1.54) is 13.0 Å². The topological polar surface area (TPSA) is 51.2 Å². The number of rotatable bonds is 4. The molecule has 0 saturated heterocycles. The molecule has 0 amide bonds. The van der Waals surface area contributed by atoms with E-state index in [-0.39, 0.29) is 11.0 Å². The molecule has 0 aromatic heterocycles. The van der Waals surface area contributed by atoms with Crippen LogP contribution < -0.4 is 0 Å². The van der Waals surface area contributed by atoms with Crippen molar-refractivity contribution in [3.63, 3.8) is 0 Å². The maximum Gasteiger partial charge on any atom is 0.180 e. The summed E-state index contributed by atoms with van der Waals surface area (Å²) in [4.78, 5) is 12.3. The molecule has 0 radical (unpaired) electrons. The van der Waals surface area contributed by atoms with Crippen LogP contribution >= 0.6 is 11.6 Å². The first-order valence-electron chi connectivity index (χ1n) is 6.95. The van der Waals surface area contributed by atoms with Crippen LogP contribution in [0.4, 0.5) is 0 Å². The Balaban J connectivity index is 2.21. The van der Waals surface area contributed by atoms with Crippen LogP contribution in [0.15, 0.2) is 24.3 Å². The Kier molecular flexibility index (Phi) is 4.86. The summed E-state index contributed by atoms with van der Waals surface area (Å²) in [6.07, 6.45) is 4.30. The van der Waals surface area contributed by atoms with Gasteiger partial charge in [-0.25, -0.2) is 8.42 Å². The fraction of sp³-hybridized carbons (Fsp3) is 0.533. The maximum absolute atomic E-state index is 12.5. The third-order valence-corrected chi connectivity index (χ3v) is 6.82. The molecule has 3 nitrogen and oxygen atoms in total. The van der Waals surface area contributed by atoms with Gasteiger partial charge in [-0.2, -0.15) is 0 Å². The van der Waals surface area contributed by atoms with Crippen molar-refractivity contribution < 1.29 is 13.2 Å². The number of benzene rings is 1. The number of carbonyl (C=O) groups excluding carboxylic acids is 1. The zero-order chi connectivity index (χ0) is 14.8. The highest BCUT2D eigenvalue weighted by Crippen LogP contribution is 2.27. The molecule has 1 atom stereocenters. The van der Waals surface area contributed by atoms with Gasteiger partial charge in [0.2, 0.25) is 0 Å². The van der Waals surface area contributed by atoms with Crippen molar-refractivity contribution in [2.75, 3.05) is 0 Å². The molecule has 0 aliphatic heterocycles. The normalized spacial score (nSPS) is 18.7. The summed E-state index contributed by atoms with van der Waals surface area (Å²) >= 11 is 5.85. The van der Waals surface area contributed by atoms with Crippen molar-refractivity contribution in [1.29, 1.82) is 0 Å². The minimum Gasteiger partial charge on any atom is -0.293 e. The summed E-state index contributed by atoms with van der Waals surface area (Å²) in [7, 11) is -3.41. The van der Waals surface area contributed by atoms with Crippen LogP contribution in [-0.4, -0.2) is 24.7 Å². The van der Waals surface area contributed by atoms with Gasteiger partial charge in [-0.05, 0) is 31.9 Å². The summed E-state index contributed by atoms with van der Waals surface area (Å²) in [6, 6.07) is 6.46. The molecule has 1 saturated carbocycles. The average Bonchev–Trinajstić information content (AvgIpc) is 2.46. The molecule has 0 bridgehead atoms. The molecule has 20 heavy (non-hydrogen) atoms. The number of ketones is 1. The van der Waals surface area contributed by atoms with E-state index in [1.807, 2.05) is 0 Å². The van der Waals surface area contributed by atoms with Gasteiger partial charge in [-0.1, -0.05) is 43.0 Å². The van der Waals surface area contributed by atoms with E-state index in [4.69, 9.17) is 11.6 Å². The standard InChI is InChI=1S/C15H19ClO3S/c1-11(15(17)12-6-5-7-13(16)10-12)20(18,19)14-8-3-2-4-9-14/h5-7,10-11,14H,2-4,8-9H2,1H3. The fourth-order valence-corrected chi connectivity index (χ4v) is 4.90. The quantitative estimate of drug-likeness (QED) is 0.797. The van der Waals surface area contributed by atoms with E-state index in [9.17, 15) is 13.2 Å². The molecular weight excluding hydrogens is 296 g/mol. The molecule has 1 aliphatic carbocycles. The lowest BCUT2D eigenvalue weighted by Crippen LogP contribution is -2.36. The van der Waals surface area contributed by atoms with Gasteiger partial charge in [0.25, 0.3) is 0 Å². The van der Waals surface area contributed by atoms with Crippen molar-refractivity contribution in [3.8, 4) is 0 Å². The van der Waals surface area contributed by atoms with Gasteiger partial charge >= 0.3 is 0 Å². The lowest BCUT2D eigenvalue weighted by atomic mass is 10.0. The number of Topliss-reactive ketones (excluding diaryl/α,β-unsaturated/α-hetero) is 1. The largest absolute Gasteiger partial charge is 0.293 e. The van der Waals surface area contributed by atoms with Crippen molar-refractivity contribution in [3.05, 3.63) is 34.9 Å². The summed E-state index contributed by atoms with van der Waals surface area (Å²) in [5.41, 5.74) is 0.365. The van der Waals surface area contributed by atoms with Crippen LogP contribution in [0, 0.1) is 0 Å². The SMILES string of the molecule is CC(C(=O)c1cccc(Cl)c1)S(=O)(=O)C1CCCCC1. The van der Waals surface area contributed by atoms with Gasteiger partial charge < -0.3 is 0 Å². The first-order chi connectivity index (χ1) is 9.43. The lowest BCUT2D eigenvalue weighted by Gasteiger charge is -2.24. The third kappa shape index (κ3) is 3.23. The maximum atomic E-state index is 12.5. The number of halogens is 1. The number of hydrogen-bond donors (Lipinski definition) is 0. The van der Waals surface area contributed by atoms with Crippen LogP contribution in [0.2, 0.25) is 5.02 Å². The first-order valence-corrected chi connectivity index (χ1v) is 8.94. The van der Waals surface area contributed by atoms with Gasteiger partial charge in [-0.15, -0.1) is 0 Å². The summed E-state index contributed by atoms with van der Waals surface area (Å²) in [5, 5.41) is -0.920. The number of carbonyl (C=O) groups is 1. The molecule has 1 aromatic rings. The zero-order valence-corrected chi connectivity index (χ0v) is 13.1. The Bertz CT molecular complexity index is 589. The van der Waals surface area contributed by atoms with Crippen LogP contribution in [0.5, 0.6) is 0 Å². The van der Waals surface area contributed by atoms with E-state index in [0.717, 1.165) is 19.3 Å². The highest BCUT2D eigenvalue weighted by atomic mass is 35.5. The molecule has 5 heteroatoms. The van der Waals surface area contributed by atoms with E-state index >= 15 is 0 Å². The van der Waals surface area contributed by atoms with Gasteiger partial charge in [0, 0.05) is 10.6 Å². The highest BCUT2D eigenvalue weighted by Gasteiger charge is 2.36. The first kappa shape index (κ1) is 15.5. The second kappa shape index (κ2) is 6.27. The molecule has 1 aromatic carbocycles. The van der Waals surface area contributed by atoms with Crippen LogP contribution in [0.25, 0.3) is 0 Å². The third-order valence-electron chi connectivity index (χ3n) is 3.99.